The molecular formula is C10H18N2O3S4. The average Bonchev–Trinajstić information content (AvgIpc) is 2.33. The number of nitrogens with one attached hydrogen (secondary N) is 1. The molecule has 0 aromatic rings. The van der Waals surface area contributed by atoms with Crippen molar-refractivity contribution in [2.45, 2.75) is 26.8 Å². The third kappa shape index (κ3) is 8.61. The molecule has 1 amide bonds. The molecule has 2 N–H and O–H groups in total. The molecule has 0 aromatic carbocycles. The molecule has 0 spiro atoms. The van der Waals surface area contributed by atoms with Gasteiger partial charge in [-0.1, -0.05) is 37.8 Å². The van der Waals surface area contributed by atoms with E-state index in [0.717, 1.165) is 11.5 Å². The molecule has 0 heterocycles. The summed E-state index contributed by atoms with van der Waals surface area (Å²) in [7, 11) is 0. The number of aliphatic carboxylic acids is 1. The van der Waals surface area contributed by atoms with Crippen LogP contribution in [0.4, 0.5) is 0 Å². The minimum Gasteiger partial charge on any atom is -0.480 e. The molecule has 0 saturated carbocycles. The molecule has 0 aliphatic carbocycles. The number of nitrogens with zero attached hydrogens (tertiary/aromatic N) is 1. The third-order valence-electron chi connectivity index (χ3n) is 1.69. The van der Waals surface area contributed by atoms with Crippen LogP contribution >= 0.6 is 47.9 Å². The number of thioether (sulfide) groups is 1. The molecule has 0 rings (SSSR count). The van der Waals surface area contributed by atoms with E-state index >= 15 is 0 Å². The van der Waals surface area contributed by atoms with Gasteiger partial charge in [0.1, 0.15) is 6.04 Å². The molecule has 0 bridgehead atoms. The summed E-state index contributed by atoms with van der Waals surface area (Å²) in [5, 5.41) is 11.4. The second kappa shape index (κ2) is 10.6. The molecule has 0 aromatic heterocycles. The Hall–Kier alpha value is -0.120. The number of carboxylic acids is 1. The second-order valence-electron chi connectivity index (χ2n) is 3.26. The first-order valence-corrected chi connectivity index (χ1v) is 8.92. The van der Waals surface area contributed by atoms with Crippen molar-refractivity contribution < 1.29 is 14.7 Å². The highest BCUT2D eigenvalue weighted by molar-refractivity contribution is 8.27. The zero-order valence-corrected chi connectivity index (χ0v) is 14.3. The lowest BCUT2D eigenvalue weighted by Gasteiger charge is -2.21. The van der Waals surface area contributed by atoms with Gasteiger partial charge in [0.2, 0.25) is 5.91 Å². The SMILES string of the molecule is CCSN(SCC)C(=S)SCC(NC(C)=O)C(=O)O. The number of rotatable bonds is 8. The Morgan fingerprint density at radius 2 is 1.84 bits per heavy atom. The van der Waals surface area contributed by atoms with Crippen LogP contribution < -0.4 is 5.32 Å². The van der Waals surface area contributed by atoms with Crippen LogP contribution in [-0.2, 0) is 9.59 Å². The van der Waals surface area contributed by atoms with Crippen LogP contribution in [0.25, 0.3) is 0 Å². The van der Waals surface area contributed by atoms with E-state index in [4.69, 9.17) is 17.3 Å². The maximum atomic E-state index is 11.0. The van der Waals surface area contributed by atoms with Crippen molar-refractivity contribution in [3.63, 3.8) is 0 Å². The molecule has 0 radical (unpaired) electrons. The van der Waals surface area contributed by atoms with Crippen molar-refractivity contribution in [1.82, 2.24) is 9.03 Å². The predicted molar refractivity (Wildman–Crippen MR) is 88.4 cm³/mol. The topological polar surface area (TPSA) is 69.6 Å². The van der Waals surface area contributed by atoms with E-state index in [1.807, 2.05) is 17.6 Å². The number of amides is 1. The Morgan fingerprint density at radius 1 is 1.32 bits per heavy atom. The van der Waals surface area contributed by atoms with Gasteiger partial charge in [-0.3, -0.25) is 4.79 Å². The molecular weight excluding hydrogens is 324 g/mol. The van der Waals surface area contributed by atoms with Crippen molar-refractivity contribution in [2.75, 3.05) is 17.3 Å². The second-order valence-corrected chi connectivity index (χ2v) is 7.55. The first kappa shape index (κ1) is 18.9. The molecule has 110 valence electrons. The van der Waals surface area contributed by atoms with E-state index < -0.39 is 12.0 Å². The van der Waals surface area contributed by atoms with Crippen molar-refractivity contribution in [1.29, 1.82) is 0 Å². The number of hydrogen-bond donors (Lipinski definition) is 2. The summed E-state index contributed by atoms with van der Waals surface area (Å²) in [5.74, 6) is 0.590. The standard InChI is InChI=1S/C10H18N2O3S4/c1-4-18-12(19-5-2)10(16)17-6-8(9(14)15)11-7(3)13/h8H,4-6H2,1-3H3,(H,11,13)(H,14,15). The minimum atomic E-state index is -1.05. The van der Waals surface area contributed by atoms with Gasteiger partial charge in [0.05, 0.1) is 0 Å². The minimum absolute atomic E-state index is 0.221. The normalized spacial score (nSPS) is 11.7. The zero-order valence-electron chi connectivity index (χ0n) is 11.0. The highest BCUT2D eigenvalue weighted by Gasteiger charge is 2.20. The quantitative estimate of drug-likeness (QED) is 0.514. The van der Waals surface area contributed by atoms with Crippen LogP contribution in [0, 0.1) is 0 Å². The van der Waals surface area contributed by atoms with E-state index in [1.54, 1.807) is 23.9 Å². The van der Waals surface area contributed by atoms with Crippen LogP contribution in [0.3, 0.4) is 0 Å². The molecule has 5 nitrogen and oxygen atoms in total. The third-order valence-corrected chi connectivity index (χ3v) is 5.60. The van der Waals surface area contributed by atoms with Crippen LogP contribution in [0.5, 0.6) is 0 Å². The Kier molecular flexibility index (Phi) is 10.6. The number of carbonyl (C=O) groups excluding carboxylic acids is 1. The highest BCUT2D eigenvalue weighted by Crippen LogP contribution is 2.27. The van der Waals surface area contributed by atoms with Gasteiger partial charge in [-0.05, 0) is 23.9 Å². The molecule has 1 unspecified atom stereocenters. The summed E-state index contributed by atoms with van der Waals surface area (Å²) < 4.78 is 2.53. The van der Waals surface area contributed by atoms with E-state index in [2.05, 4.69) is 5.32 Å². The van der Waals surface area contributed by atoms with Crippen LogP contribution in [0.1, 0.15) is 20.8 Å². The van der Waals surface area contributed by atoms with Gasteiger partial charge in [0, 0.05) is 24.2 Å². The van der Waals surface area contributed by atoms with Crippen LogP contribution in [0.15, 0.2) is 0 Å². The summed E-state index contributed by atoms with van der Waals surface area (Å²) >= 11 is 9.69. The number of thiocarbonyl (C=S) groups is 1. The van der Waals surface area contributed by atoms with E-state index in [9.17, 15) is 9.59 Å². The number of hydrogen-bond acceptors (Lipinski definition) is 6. The fourth-order valence-corrected chi connectivity index (χ4v) is 4.41. The smallest absolute Gasteiger partial charge is 0.327 e. The first-order chi connectivity index (χ1) is 8.92. The maximum Gasteiger partial charge on any atom is 0.327 e. The summed E-state index contributed by atoms with van der Waals surface area (Å²) in [6.07, 6.45) is 0. The lowest BCUT2D eigenvalue weighted by molar-refractivity contribution is -0.140. The highest BCUT2D eigenvalue weighted by atomic mass is 32.2. The molecule has 9 heteroatoms. The molecule has 0 aliphatic rings. The fraction of sp³-hybridized carbons (Fsp3) is 0.700. The fourth-order valence-electron chi connectivity index (χ4n) is 1.00. The van der Waals surface area contributed by atoms with Crippen molar-refractivity contribution >= 4 is 64.1 Å². The van der Waals surface area contributed by atoms with Gasteiger partial charge in [0.25, 0.3) is 0 Å². The molecule has 19 heavy (non-hydrogen) atoms. The molecule has 1 atom stereocenters. The maximum absolute atomic E-state index is 11.0. The lowest BCUT2D eigenvalue weighted by Crippen LogP contribution is -2.41. The Bertz CT molecular complexity index is 322. The van der Waals surface area contributed by atoms with Crippen molar-refractivity contribution in [3.05, 3.63) is 0 Å². The summed E-state index contributed by atoms with van der Waals surface area (Å²) in [6, 6.07) is -0.916. The molecule has 0 aliphatic heterocycles. The predicted octanol–water partition coefficient (Wildman–Crippen LogP) is 2.23. The van der Waals surface area contributed by atoms with E-state index in [0.29, 0.717) is 4.32 Å². The first-order valence-electron chi connectivity index (χ1n) is 5.64. The van der Waals surface area contributed by atoms with Gasteiger partial charge < -0.3 is 10.4 Å². The molecule has 0 fully saturated rings. The van der Waals surface area contributed by atoms with Crippen molar-refractivity contribution in [3.8, 4) is 0 Å². The van der Waals surface area contributed by atoms with Crippen molar-refractivity contribution in [2.24, 2.45) is 0 Å². The zero-order chi connectivity index (χ0) is 14.8. The van der Waals surface area contributed by atoms with E-state index in [-0.39, 0.29) is 11.7 Å². The average molecular weight is 343 g/mol. The van der Waals surface area contributed by atoms with Gasteiger partial charge in [-0.2, -0.15) is 0 Å². The Labute approximate surface area is 131 Å². The summed E-state index contributed by atoms with van der Waals surface area (Å²) in [4.78, 5) is 21.9. The Balaban J connectivity index is 4.35. The van der Waals surface area contributed by atoms with Crippen LogP contribution in [0.2, 0.25) is 0 Å². The summed E-state index contributed by atoms with van der Waals surface area (Å²) in [5.41, 5.74) is 0. The largest absolute Gasteiger partial charge is 0.480 e. The van der Waals surface area contributed by atoms with Gasteiger partial charge in [-0.25, -0.2) is 8.51 Å². The molecule has 0 saturated heterocycles. The Morgan fingerprint density at radius 3 is 2.21 bits per heavy atom. The van der Waals surface area contributed by atoms with E-state index in [1.165, 1.54) is 18.7 Å². The van der Waals surface area contributed by atoms with Crippen LogP contribution in [-0.4, -0.2) is 48.3 Å². The summed E-state index contributed by atoms with van der Waals surface area (Å²) in [6.45, 7) is 5.35. The lowest BCUT2D eigenvalue weighted by atomic mass is 10.3. The monoisotopic (exact) mass is 342 g/mol. The number of carbonyl (C=O) groups is 2. The number of carboxylic acid groups (broad SMARTS) is 1. The van der Waals surface area contributed by atoms with Gasteiger partial charge in [-0.15, -0.1) is 0 Å². The van der Waals surface area contributed by atoms with Gasteiger partial charge >= 0.3 is 5.97 Å². The van der Waals surface area contributed by atoms with Gasteiger partial charge in [0.15, 0.2) is 4.32 Å².